The number of anilines is 2. The van der Waals surface area contributed by atoms with Gasteiger partial charge >= 0.3 is 12.0 Å². The molecule has 0 radical (unpaired) electrons. The molecular formula is C24H24N2O3. The van der Waals surface area contributed by atoms with Crippen LogP contribution >= 0.6 is 0 Å². The van der Waals surface area contributed by atoms with Gasteiger partial charge in [-0.25, -0.2) is 9.59 Å². The molecule has 29 heavy (non-hydrogen) atoms. The zero-order chi connectivity index (χ0) is 21.1. The normalized spacial score (nSPS) is 10.5. The fourth-order valence-corrected chi connectivity index (χ4v) is 3.30. The number of aromatic carboxylic acids is 1. The molecule has 0 aliphatic rings. The van der Waals surface area contributed by atoms with E-state index < -0.39 is 5.97 Å². The van der Waals surface area contributed by atoms with Crippen LogP contribution in [0.2, 0.25) is 0 Å². The second kappa shape index (κ2) is 8.19. The Bertz CT molecular complexity index is 1070. The molecule has 148 valence electrons. The van der Waals surface area contributed by atoms with Gasteiger partial charge in [-0.15, -0.1) is 0 Å². The lowest BCUT2D eigenvalue weighted by molar-refractivity contribution is 0.0697. The number of carbonyl (C=O) groups excluding carboxylic acids is 1. The summed E-state index contributed by atoms with van der Waals surface area (Å²) < 4.78 is 0. The minimum absolute atomic E-state index is 0.251. The molecule has 3 aromatic carbocycles. The van der Waals surface area contributed by atoms with Crippen molar-refractivity contribution < 1.29 is 14.7 Å². The van der Waals surface area contributed by atoms with Crippen molar-refractivity contribution in [2.75, 3.05) is 10.6 Å². The Labute approximate surface area is 170 Å². The molecule has 2 amide bonds. The summed E-state index contributed by atoms with van der Waals surface area (Å²) in [6.45, 7) is 8.11. The number of amides is 2. The van der Waals surface area contributed by atoms with Gasteiger partial charge in [-0.2, -0.15) is 0 Å². The van der Waals surface area contributed by atoms with E-state index in [4.69, 9.17) is 5.11 Å². The summed E-state index contributed by atoms with van der Waals surface area (Å²) in [7, 11) is 0. The Morgan fingerprint density at radius 3 is 1.83 bits per heavy atom. The van der Waals surface area contributed by atoms with E-state index >= 15 is 0 Å². The van der Waals surface area contributed by atoms with Crippen LogP contribution in [0.25, 0.3) is 11.1 Å². The van der Waals surface area contributed by atoms with Crippen molar-refractivity contribution in [1.82, 2.24) is 0 Å². The SMILES string of the molecule is Cc1cc(C)c(NC(=O)Nc2ccc(-c3ccc(C(=O)O)cc3)cc2)c(C)c1C. The number of hydrogen-bond donors (Lipinski definition) is 3. The standard InChI is InChI=1S/C24H24N2O3/c1-14-13-15(2)22(17(4)16(14)3)26-24(29)25-21-11-9-19(10-12-21)18-5-7-20(8-6-18)23(27)28/h5-13H,1-4H3,(H,27,28)(H2,25,26,29). The summed E-state index contributed by atoms with van der Waals surface area (Å²) in [4.78, 5) is 23.4. The van der Waals surface area contributed by atoms with E-state index in [1.54, 1.807) is 24.3 Å². The van der Waals surface area contributed by atoms with Gasteiger partial charge < -0.3 is 15.7 Å². The molecule has 0 saturated heterocycles. The fraction of sp³-hybridized carbons (Fsp3) is 0.167. The van der Waals surface area contributed by atoms with Crippen LogP contribution in [-0.2, 0) is 0 Å². The van der Waals surface area contributed by atoms with Gasteiger partial charge in [-0.1, -0.05) is 30.3 Å². The topological polar surface area (TPSA) is 78.4 Å². The van der Waals surface area contributed by atoms with Crippen LogP contribution in [0.4, 0.5) is 16.2 Å². The smallest absolute Gasteiger partial charge is 0.335 e. The first kappa shape index (κ1) is 20.1. The molecule has 5 nitrogen and oxygen atoms in total. The highest BCUT2D eigenvalue weighted by Gasteiger charge is 2.11. The first-order valence-electron chi connectivity index (χ1n) is 9.35. The molecule has 0 fully saturated rings. The van der Waals surface area contributed by atoms with Crippen LogP contribution in [0.1, 0.15) is 32.6 Å². The maximum atomic E-state index is 12.5. The number of urea groups is 1. The molecule has 0 bridgehead atoms. The van der Waals surface area contributed by atoms with E-state index in [0.29, 0.717) is 5.69 Å². The minimum Gasteiger partial charge on any atom is -0.478 e. The molecule has 5 heteroatoms. The number of nitrogens with one attached hydrogen (secondary N) is 2. The van der Waals surface area contributed by atoms with Crippen molar-refractivity contribution in [2.24, 2.45) is 0 Å². The minimum atomic E-state index is -0.948. The van der Waals surface area contributed by atoms with E-state index in [1.807, 2.05) is 38.1 Å². The lowest BCUT2D eigenvalue weighted by atomic mass is 9.98. The van der Waals surface area contributed by atoms with Crippen LogP contribution < -0.4 is 10.6 Å². The van der Waals surface area contributed by atoms with E-state index in [2.05, 4.69) is 30.5 Å². The van der Waals surface area contributed by atoms with Crippen molar-refractivity contribution in [1.29, 1.82) is 0 Å². The average molecular weight is 388 g/mol. The summed E-state index contributed by atoms with van der Waals surface area (Å²) >= 11 is 0. The van der Waals surface area contributed by atoms with E-state index in [0.717, 1.165) is 27.9 Å². The van der Waals surface area contributed by atoms with Crippen LogP contribution in [0.3, 0.4) is 0 Å². The molecule has 3 N–H and O–H groups in total. The predicted molar refractivity (Wildman–Crippen MR) is 117 cm³/mol. The van der Waals surface area contributed by atoms with Crippen molar-refractivity contribution in [2.45, 2.75) is 27.7 Å². The van der Waals surface area contributed by atoms with Gasteiger partial charge in [0.15, 0.2) is 0 Å². The highest BCUT2D eigenvalue weighted by Crippen LogP contribution is 2.27. The van der Waals surface area contributed by atoms with Crippen LogP contribution in [-0.4, -0.2) is 17.1 Å². The van der Waals surface area contributed by atoms with Crippen molar-refractivity contribution in [3.63, 3.8) is 0 Å². The Morgan fingerprint density at radius 2 is 1.28 bits per heavy atom. The predicted octanol–water partition coefficient (Wildman–Crippen LogP) is 5.93. The van der Waals surface area contributed by atoms with Crippen LogP contribution in [0.15, 0.2) is 54.6 Å². The van der Waals surface area contributed by atoms with Crippen molar-refractivity contribution in [3.05, 3.63) is 82.4 Å². The monoisotopic (exact) mass is 388 g/mol. The molecule has 0 heterocycles. The van der Waals surface area contributed by atoms with Gasteiger partial charge in [-0.3, -0.25) is 0 Å². The molecular weight excluding hydrogens is 364 g/mol. The third-order valence-electron chi connectivity index (χ3n) is 5.20. The molecule has 0 unspecified atom stereocenters. The lowest BCUT2D eigenvalue weighted by Gasteiger charge is -2.16. The number of carbonyl (C=O) groups is 2. The maximum Gasteiger partial charge on any atom is 0.335 e. The molecule has 0 aliphatic heterocycles. The third kappa shape index (κ3) is 4.46. The zero-order valence-electron chi connectivity index (χ0n) is 17.0. The van der Waals surface area contributed by atoms with E-state index in [9.17, 15) is 9.59 Å². The second-order valence-corrected chi connectivity index (χ2v) is 7.17. The van der Waals surface area contributed by atoms with Crippen LogP contribution in [0.5, 0.6) is 0 Å². The van der Waals surface area contributed by atoms with Gasteiger partial charge in [0.1, 0.15) is 0 Å². The summed E-state index contributed by atoms with van der Waals surface area (Å²) in [5.74, 6) is -0.948. The first-order valence-corrected chi connectivity index (χ1v) is 9.35. The molecule has 0 aromatic heterocycles. The second-order valence-electron chi connectivity index (χ2n) is 7.17. The van der Waals surface area contributed by atoms with E-state index in [1.165, 1.54) is 11.1 Å². The number of rotatable bonds is 4. The van der Waals surface area contributed by atoms with E-state index in [-0.39, 0.29) is 11.6 Å². The van der Waals surface area contributed by atoms with Gasteiger partial charge in [0.25, 0.3) is 0 Å². The summed E-state index contributed by atoms with van der Waals surface area (Å²) in [5.41, 5.74) is 8.08. The summed E-state index contributed by atoms with van der Waals surface area (Å²) in [6, 6.07) is 15.9. The Kier molecular flexibility index (Phi) is 5.69. The van der Waals surface area contributed by atoms with Gasteiger partial charge in [0, 0.05) is 11.4 Å². The number of benzene rings is 3. The van der Waals surface area contributed by atoms with Crippen molar-refractivity contribution in [3.8, 4) is 11.1 Å². The number of carboxylic acids is 1. The number of carboxylic acid groups (broad SMARTS) is 1. The first-order chi connectivity index (χ1) is 13.8. The largest absolute Gasteiger partial charge is 0.478 e. The third-order valence-corrected chi connectivity index (χ3v) is 5.20. The van der Waals surface area contributed by atoms with Crippen LogP contribution in [0, 0.1) is 27.7 Å². The summed E-state index contributed by atoms with van der Waals surface area (Å²) in [6.07, 6.45) is 0. The molecule has 0 aliphatic carbocycles. The molecule has 3 aromatic rings. The average Bonchev–Trinajstić information content (AvgIpc) is 2.70. The molecule has 3 rings (SSSR count). The Morgan fingerprint density at radius 1 is 0.724 bits per heavy atom. The summed E-state index contributed by atoms with van der Waals surface area (Å²) in [5, 5.41) is 14.8. The zero-order valence-corrected chi connectivity index (χ0v) is 17.0. The van der Waals surface area contributed by atoms with Gasteiger partial charge in [0.2, 0.25) is 0 Å². The van der Waals surface area contributed by atoms with Gasteiger partial charge in [0.05, 0.1) is 5.56 Å². The number of hydrogen-bond acceptors (Lipinski definition) is 2. The lowest BCUT2D eigenvalue weighted by Crippen LogP contribution is -2.21. The quantitative estimate of drug-likeness (QED) is 0.518. The molecule has 0 saturated carbocycles. The van der Waals surface area contributed by atoms with Gasteiger partial charge in [-0.05, 0) is 85.3 Å². The number of aryl methyl sites for hydroxylation is 2. The molecule has 0 spiro atoms. The maximum absolute atomic E-state index is 12.5. The molecule has 0 atom stereocenters. The Balaban J connectivity index is 1.71. The highest BCUT2D eigenvalue weighted by atomic mass is 16.4. The fourth-order valence-electron chi connectivity index (χ4n) is 3.30. The Hall–Kier alpha value is -3.60. The highest BCUT2D eigenvalue weighted by molar-refractivity contribution is 6.01. The van der Waals surface area contributed by atoms with Crippen molar-refractivity contribution >= 4 is 23.4 Å².